The highest BCUT2D eigenvalue weighted by atomic mass is 14.9. The van der Waals surface area contributed by atoms with Gasteiger partial charge in [-0.2, -0.15) is 0 Å². The maximum atomic E-state index is 5.76. The summed E-state index contributed by atoms with van der Waals surface area (Å²) in [7, 11) is 0. The van der Waals surface area contributed by atoms with Crippen LogP contribution in [0.15, 0.2) is 47.3 Å². The van der Waals surface area contributed by atoms with Crippen LogP contribution >= 0.6 is 0 Å². The fourth-order valence-electron chi connectivity index (χ4n) is 1.27. The Balaban J connectivity index is 2.48. The zero-order valence-corrected chi connectivity index (χ0v) is 6.17. The summed E-state index contributed by atoms with van der Waals surface area (Å²) in [5.41, 5.74) is 8.95. The Labute approximate surface area is 65.8 Å². The summed E-state index contributed by atoms with van der Waals surface area (Å²) < 4.78 is 0. The molecule has 1 aliphatic carbocycles. The summed E-state index contributed by atoms with van der Waals surface area (Å²) in [6.45, 7) is 0.777. The Morgan fingerprint density at radius 3 is 3.09 bits per heavy atom. The summed E-state index contributed by atoms with van der Waals surface area (Å²) in [6.07, 6.45) is 10.1. The van der Waals surface area contributed by atoms with Gasteiger partial charge in [0.2, 0.25) is 0 Å². The van der Waals surface area contributed by atoms with Crippen molar-refractivity contribution in [1.82, 2.24) is 5.32 Å². The van der Waals surface area contributed by atoms with E-state index in [9.17, 15) is 0 Å². The molecule has 0 unspecified atom stereocenters. The van der Waals surface area contributed by atoms with Crippen molar-refractivity contribution < 1.29 is 0 Å². The van der Waals surface area contributed by atoms with Gasteiger partial charge in [-0.1, -0.05) is 24.3 Å². The average Bonchev–Trinajstić information content (AvgIpc) is 2.25. The highest BCUT2D eigenvalue weighted by Crippen LogP contribution is 2.19. The molecule has 0 spiro atoms. The fraction of sp³-hybridized carbons (Fsp3) is 0.111. The van der Waals surface area contributed by atoms with Gasteiger partial charge in [0.1, 0.15) is 0 Å². The van der Waals surface area contributed by atoms with E-state index in [0.29, 0.717) is 0 Å². The largest absolute Gasteiger partial charge is 0.400 e. The molecule has 0 saturated heterocycles. The molecular formula is C9H10N2. The molecule has 0 radical (unpaired) electrons. The molecule has 2 rings (SSSR count). The third kappa shape index (κ3) is 0.963. The van der Waals surface area contributed by atoms with Crippen molar-refractivity contribution in [1.29, 1.82) is 0 Å². The van der Waals surface area contributed by atoms with Gasteiger partial charge in [0.25, 0.3) is 0 Å². The highest BCUT2D eigenvalue weighted by Gasteiger charge is 2.13. The number of rotatable bonds is 0. The van der Waals surface area contributed by atoms with Crippen LogP contribution in [-0.4, -0.2) is 6.54 Å². The SMILES string of the molecule is NC1=C2C=CC=CC=C2NC1. The number of fused-ring (bicyclic) bond motifs is 1. The van der Waals surface area contributed by atoms with Crippen LogP contribution in [0.2, 0.25) is 0 Å². The van der Waals surface area contributed by atoms with E-state index in [4.69, 9.17) is 5.73 Å². The van der Waals surface area contributed by atoms with Gasteiger partial charge in [-0.15, -0.1) is 0 Å². The Hall–Kier alpha value is -1.44. The number of hydrogen-bond acceptors (Lipinski definition) is 2. The second-order valence-electron chi connectivity index (χ2n) is 2.62. The second-order valence-corrected chi connectivity index (χ2v) is 2.62. The lowest BCUT2D eigenvalue weighted by atomic mass is 10.2. The molecule has 0 aromatic rings. The van der Waals surface area contributed by atoms with Crippen LogP contribution in [0.3, 0.4) is 0 Å². The molecule has 2 aliphatic rings. The molecule has 1 heterocycles. The predicted molar refractivity (Wildman–Crippen MR) is 45.6 cm³/mol. The van der Waals surface area contributed by atoms with Crippen molar-refractivity contribution in [3.8, 4) is 0 Å². The first-order valence-corrected chi connectivity index (χ1v) is 3.66. The van der Waals surface area contributed by atoms with E-state index in [1.807, 2.05) is 30.4 Å². The minimum absolute atomic E-state index is 0.777. The van der Waals surface area contributed by atoms with Crippen molar-refractivity contribution in [3.63, 3.8) is 0 Å². The van der Waals surface area contributed by atoms with Crippen molar-refractivity contribution in [2.45, 2.75) is 0 Å². The number of nitrogens with two attached hydrogens (primary N) is 1. The third-order valence-electron chi connectivity index (χ3n) is 1.85. The molecule has 56 valence electrons. The Morgan fingerprint density at radius 2 is 2.18 bits per heavy atom. The smallest absolute Gasteiger partial charge is 0.0552 e. The monoisotopic (exact) mass is 146 g/mol. The first-order chi connectivity index (χ1) is 5.38. The van der Waals surface area contributed by atoms with Gasteiger partial charge in [-0.25, -0.2) is 0 Å². The normalized spacial score (nSPS) is 20.9. The number of nitrogens with one attached hydrogen (secondary N) is 1. The van der Waals surface area contributed by atoms with E-state index < -0.39 is 0 Å². The van der Waals surface area contributed by atoms with Crippen molar-refractivity contribution >= 4 is 0 Å². The molecule has 3 N–H and O–H groups in total. The maximum absolute atomic E-state index is 5.76. The van der Waals surface area contributed by atoms with E-state index >= 15 is 0 Å². The van der Waals surface area contributed by atoms with E-state index in [-0.39, 0.29) is 0 Å². The van der Waals surface area contributed by atoms with Gasteiger partial charge in [0, 0.05) is 17.0 Å². The number of allylic oxidation sites excluding steroid dienone is 5. The lowest BCUT2D eigenvalue weighted by Gasteiger charge is -1.97. The molecule has 0 amide bonds. The summed E-state index contributed by atoms with van der Waals surface area (Å²) in [6, 6.07) is 0. The van der Waals surface area contributed by atoms with Gasteiger partial charge >= 0.3 is 0 Å². The third-order valence-corrected chi connectivity index (χ3v) is 1.85. The summed E-state index contributed by atoms with van der Waals surface area (Å²) >= 11 is 0. The average molecular weight is 146 g/mol. The molecule has 1 aliphatic heterocycles. The van der Waals surface area contributed by atoms with Gasteiger partial charge in [-0.05, 0) is 6.08 Å². The summed E-state index contributed by atoms with van der Waals surface area (Å²) in [5.74, 6) is 0. The molecule has 0 bridgehead atoms. The van der Waals surface area contributed by atoms with E-state index in [2.05, 4.69) is 5.32 Å². The molecule has 2 nitrogen and oxygen atoms in total. The van der Waals surface area contributed by atoms with Crippen LogP contribution in [-0.2, 0) is 0 Å². The lowest BCUT2D eigenvalue weighted by molar-refractivity contribution is 0.942. The van der Waals surface area contributed by atoms with Crippen LogP contribution in [0.1, 0.15) is 0 Å². The van der Waals surface area contributed by atoms with Gasteiger partial charge in [0.05, 0.1) is 6.54 Å². The quantitative estimate of drug-likeness (QED) is 0.530. The van der Waals surface area contributed by atoms with E-state index in [1.54, 1.807) is 0 Å². The first-order valence-electron chi connectivity index (χ1n) is 3.66. The van der Waals surface area contributed by atoms with Gasteiger partial charge < -0.3 is 11.1 Å². The van der Waals surface area contributed by atoms with Crippen LogP contribution in [0.5, 0.6) is 0 Å². The van der Waals surface area contributed by atoms with Gasteiger partial charge in [-0.3, -0.25) is 0 Å². The van der Waals surface area contributed by atoms with Crippen molar-refractivity contribution in [3.05, 3.63) is 47.3 Å². The fourth-order valence-corrected chi connectivity index (χ4v) is 1.27. The van der Waals surface area contributed by atoms with Crippen LogP contribution in [0.4, 0.5) is 0 Å². The zero-order chi connectivity index (χ0) is 7.68. The second kappa shape index (κ2) is 2.31. The molecule has 0 fully saturated rings. The Morgan fingerprint density at radius 1 is 1.27 bits per heavy atom. The standard InChI is InChI=1S/C9H10N2/c10-8-6-11-9-5-3-1-2-4-7(8)9/h1-5,11H,6,10H2. The highest BCUT2D eigenvalue weighted by molar-refractivity contribution is 5.50. The molecule has 0 aromatic heterocycles. The van der Waals surface area contributed by atoms with E-state index in [1.165, 1.54) is 0 Å². The summed E-state index contributed by atoms with van der Waals surface area (Å²) in [4.78, 5) is 0. The van der Waals surface area contributed by atoms with Crippen molar-refractivity contribution in [2.24, 2.45) is 5.73 Å². The Kier molecular flexibility index (Phi) is 1.32. The predicted octanol–water partition coefficient (Wildman–Crippen LogP) is 0.812. The van der Waals surface area contributed by atoms with Gasteiger partial charge in [0.15, 0.2) is 0 Å². The molecule has 0 aromatic carbocycles. The minimum Gasteiger partial charge on any atom is -0.400 e. The van der Waals surface area contributed by atoms with Crippen LogP contribution in [0.25, 0.3) is 0 Å². The minimum atomic E-state index is 0.777. The molecular weight excluding hydrogens is 136 g/mol. The molecule has 0 atom stereocenters. The van der Waals surface area contributed by atoms with Crippen molar-refractivity contribution in [2.75, 3.05) is 6.54 Å². The first kappa shape index (κ1) is 6.28. The molecule has 0 saturated carbocycles. The van der Waals surface area contributed by atoms with Crippen LogP contribution < -0.4 is 11.1 Å². The summed E-state index contributed by atoms with van der Waals surface area (Å²) in [5, 5.41) is 3.21. The Bertz CT molecular complexity index is 293. The molecule has 11 heavy (non-hydrogen) atoms. The zero-order valence-electron chi connectivity index (χ0n) is 6.17. The maximum Gasteiger partial charge on any atom is 0.0552 e. The lowest BCUT2D eigenvalue weighted by Crippen LogP contribution is -2.10. The number of hydrogen-bond donors (Lipinski definition) is 2. The molecule has 2 heteroatoms. The topological polar surface area (TPSA) is 38.0 Å². The van der Waals surface area contributed by atoms with E-state index in [0.717, 1.165) is 23.5 Å². The van der Waals surface area contributed by atoms with Crippen LogP contribution in [0, 0.1) is 0 Å².